The SMILES string of the molecule is COC(=O)c1ccc(Cl)c(CN(C)CC(O)C(F)(F)F)c1. The number of carbonyl (C=O) groups excluding carboxylic acids is 1. The van der Waals surface area contributed by atoms with E-state index in [1.54, 1.807) is 0 Å². The molecule has 1 aromatic carbocycles. The molecule has 0 aromatic heterocycles. The molecule has 0 aliphatic rings. The van der Waals surface area contributed by atoms with Gasteiger partial charge in [-0.3, -0.25) is 4.90 Å². The highest BCUT2D eigenvalue weighted by atomic mass is 35.5. The van der Waals surface area contributed by atoms with Gasteiger partial charge in [0.05, 0.1) is 12.7 Å². The molecule has 0 saturated heterocycles. The average molecular weight is 326 g/mol. The minimum atomic E-state index is -4.67. The maximum Gasteiger partial charge on any atom is 0.415 e. The van der Waals surface area contributed by atoms with E-state index in [1.807, 2.05) is 0 Å². The van der Waals surface area contributed by atoms with Crippen molar-refractivity contribution in [3.8, 4) is 0 Å². The summed E-state index contributed by atoms with van der Waals surface area (Å²) >= 11 is 5.95. The Bertz CT molecular complexity index is 508. The summed E-state index contributed by atoms with van der Waals surface area (Å²) in [5, 5.41) is 9.33. The first kappa shape index (κ1) is 17.7. The molecule has 0 spiro atoms. The van der Waals surface area contributed by atoms with Crippen molar-refractivity contribution in [2.24, 2.45) is 0 Å². The molecular formula is C13H15ClF3NO3. The number of methoxy groups -OCH3 is 1. The third-order valence-electron chi connectivity index (χ3n) is 2.77. The Morgan fingerprint density at radius 1 is 1.48 bits per heavy atom. The van der Waals surface area contributed by atoms with Gasteiger partial charge in [0, 0.05) is 18.1 Å². The third-order valence-corrected chi connectivity index (χ3v) is 3.14. The number of halogens is 4. The molecule has 0 aliphatic heterocycles. The van der Waals surface area contributed by atoms with Gasteiger partial charge in [0.1, 0.15) is 0 Å². The predicted molar refractivity (Wildman–Crippen MR) is 71.2 cm³/mol. The number of aliphatic hydroxyl groups is 1. The van der Waals surface area contributed by atoms with Gasteiger partial charge in [0.25, 0.3) is 0 Å². The topological polar surface area (TPSA) is 49.8 Å². The molecule has 0 radical (unpaired) electrons. The molecule has 0 aliphatic carbocycles. The van der Waals surface area contributed by atoms with Gasteiger partial charge < -0.3 is 9.84 Å². The van der Waals surface area contributed by atoms with Crippen LogP contribution in [-0.2, 0) is 11.3 Å². The normalized spacial score (nSPS) is 13.3. The fourth-order valence-electron chi connectivity index (χ4n) is 1.69. The molecule has 1 atom stereocenters. The van der Waals surface area contributed by atoms with Gasteiger partial charge in [-0.1, -0.05) is 11.6 Å². The summed E-state index contributed by atoms with van der Waals surface area (Å²) in [4.78, 5) is 12.7. The molecule has 0 amide bonds. The van der Waals surface area contributed by atoms with Gasteiger partial charge in [0.15, 0.2) is 6.10 Å². The van der Waals surface area contributed by atoms with Crippen LogP contribution in [0.2, 0.25) is 5.02 Å². The van der Waals surface area contributed by atoms with E-state index in [9.17, 15) is 18.0 Å². The monoisotopic (exact) mass is 325 g/mol. The Hall–Kier alpha value is -1.31. The summed E-state index contributed by atoms with van der Waals surface area (Å²) < 4.78 is 41.4. The lowest BCUT2D eigenvalue weighted by Crippen LogP contribution is -2.39. The van der Waals surface area contributed by atoms with E-state index >= 15 is 0 Å². The molecule has 0 saturated carbocycles. The molecule has 1 rings (SSSR count). The third kappa shape index (κ3) is 5.18. The lowest BCUT2D eigenvalue weighted by Gasteiger charge is -2.22. The second kappa shape index (κ2) is 7.11. The van der Waals surface area contributed by atoms with Gasteiger partial charge >= 0.3 is 12.1 Å². The highest BCUT2D eigenvalue weighted by molar-refractivity contribution is 6.31. The van der Waals surface area contributed by atoms with Crippen LogP contribution in [-0.4, -0.2) is 49.0 Å². The van der Waals surface area contributed by atoms with Crippen molar-refractivity contribution < 1.29 is 27.8 Å². The van der Waals surface area contributed by atoms with E-state index in [1.165, 1.54) is 37.3 Å². The quantitative estimate of drug-likeness (QED) is 0.845. The summed E-state index contributed by atoms with van der Waals surface area (Å²) in [6.07, 6.45) is -7.11. The zero-order valence-corrected chi connectivity index (χ0v) is 12.2. The first-order valence-electron chi connectivity index (χ1n) is 5.95. The van der Waals surface area contributed by atoms with Gasteiger partial charge in [0.2, 0.25) is 0 Å². The highest BCUT2D eigenvalue weighted by Crippen LogP contribution is 2.23. The Labute approximate surface area is 125 Å². The average Bonchev–Trinajstić information content (AvgIpc) is 2.39. The molecule has 0 fully saturated rings. The minimum absolute atomic E-state index is 0.0524. The van der Waals surface area contributed by atoms with E-state index in [4.69, 9.17) is 16.7 Å². The Balaban J connectivity index is 2.80. The first-order valence-corrected chi connectivity index (χ1v) is 6.33. The number of hydrogen-bond acceptors (Lipinski definition) is 4. The smallest absolute Gasteiger partial charge is 0.415 e. The summed E-state index contributed by atoms with van der Waals surface area (Å²) in [6, 6.07) is 4.38. The fourth-order valence-corrected chi connectivity index (χ4v) is 1.87. The molecule has 1 aromatic rings. The predicted octanol–water partition coefficient (Wildman–Crippen LogP) is 2.48. The van der Waals surface area contributed by atoms with Crippen LogP contribution in [0.15, 0.2) is 18.2 Å². The van der Waals surface area contributed by atoms with E-state index in [0.717, 1.165) is 0 Å². The van der Waals surface area contributed by atoms with Crippen molar-refractivity contribution >= 4 is 17.6 Å². The first-order chi connectivity index (χ1) is 9.65. The minimum Gasteiger partial charge on any atom is -0.465 e. The van der Waals surface area contributed by atoms with Crippen molar-refractivity contribution in [1.29, 1.82) is 0 Å². The number of carbonyl (C=O) groups is 1. The van der Waals surface area contributed by atoms with Crippen molar-refractivity contribution in [2.75, 3.05) is 20.7 Å². The van der Waals surface area contributed by atoms with Crippen molar-refractivity contribution in [3.05, 3.63) is 34.3 Å². The summed E-state index contributed by atoms with van der Waals surface area (Å²) in [7, 11) is 2.64. The molecule has 118 valence electrons. The van der Waals surface area contributed by atoms with E-state index < -0.39 is 24.8 Å². The number of esters is 1. The number of benzene rings is 1. The Morgan fingerprint density at radius 3 is 2.62 bits per heavy atom. The lowest BCUT2D eigenvalue weighted by molar-refractivity contribution is -0.207. The van der Waals surface area contributed by atoms with Gasteiger partial charge in [-0.2, -0.15) is 13.2 Å². The van der Waals surface area contributed by atoms with Gasteiger partial charge in [-0.05, 0) is 30.8 Å². The summed E-state index contributed by atoms with van der Waals surface area (Å²) in [5.41, 5.74) is 0.720. The van der Waals surface area contributed by atoms with Gasteiger partial charge in [-0.25, -0.2) is 4.79 Å². The van der Waals surface area contributed by atoms with Crippen LogP contribution in [0, 0.1) is 0 Å². The largest absolute Gasteiger partial charge is 0.465 e. The summed E-state index contributed by atoms with van der Waals surface area (Å²) in [6.45, 7) is -0.543. The van der Waals surface area contributed by atoms with E-state index in [-0.39, 0.29) is 12.1 Å². The van der Waals surface area contributed by atoms with Crippen LogP contribution in [0.3, 0.4) is 0 Å². The number of alkyl halides is 3. The second-order valence-corrected chi connectivity index (χ2v) is 4.96. The number of aliphatic hydroxyl groups excluding tert-OH is 1. The number of hydrogen-bond donors (Lipinski definition) is 1. The van der Waals surface area contributed by atoms with Gasteiger partial charge in [-0.15, -0.1) is 0 Å². The van der Waals surface area contributed by atoms with Crippen LogP contribution in [0.1, 0.15) is 15.9 Å². The van der Waals surface area contributed by atoms with E-state index in [2.05, 4.69) is 4.74 Å². The molecule has 8 heteroatoms. The van der Waals surface area contributed by atoms with Crippen molar-refractivity contribution in [1.82, 2.24) is 4.90 Å². The van der Waals surface area contributed by atoms with Crippen LogP contribution in [0.5, 0.6) is 0 Å². The number of nitrogens with zero attached hydrogens (tertiary/aromatic N) is 1. The summed E-state index contributed by atoms with van der Waals surface area (Å²) in [5.74, 6) is -0.564. The van der Waals surface area contributed by atoms with Crippen LogP contribution < -0.4 is 0 Å². The zero-order chi connectivity index (χ0) is 16.2. The number of likely N-dealkylation sites (N-methyl/N-ethyl adjacent to an activating group) is 1. The molecule has 0 bridgehead atoms. The zero-order valence-electron chi connectivity index (χ0n) is 11.4. The molecule has 1 N–H and O–H groups in total. The lowest BCUT2D eigenvalue weighted by atomic mass is 10.1. The molecule has 0 heterocycles. The fraction of sp³-hybridized carbons (Fsp3) is 0.462. The van der Waals surface area contributed by atoms with Crippen molar-refractivity contribution in [2.45, 2.75) is 18.8 Å². The van der Waals surface area contributed by atoms with Crippen molar-refractivity contribution in [3.63, 3.8) is 0 Å². The Morgan fingerprint density at radius 2 is 2.10 bits per heavy atom. The number of rotatable bonds is 5. The Kier molecular flexibility index (Phi) is 6.00. The standard InChI is InChI=1S/C13H15ClF3NO3/c1-18(7-11(19)13(15,16)17)6-9-5-8(12(20)21-2)3-4-10(9)14/h3-5,11,19H,6-7H2,1-2H3. The highest BCUT2D eigenvalue weighted by Gasteiger charge is 2.38. The maximum absolute atomic E-state index is 12.3. The van der Waals surface area contributed by atoms with E-state index in [0.29, 0.717) is 10.6 Å². The second-order valence-electron chi connectivity index (χ2n) is 4.55. The molecular weight excluding hydrogens is 311 g/mol. The number of ether oxygens (including phenoxy) is 1. The molecule has 21 heavy (non-hydrogen) atoms. The maximum atomic E-state index is 12.3. The van der Waals surface area contributed by atoms with Crippen LogP contribution in [0.4, 0.5) is 13.2 Å². The van der Waals surface area contributed by atoms with Crippen LogP contribution >= 0.6 is 11.6 Å². The molecule has 4 nitrogen and oxygen atoms in total. The van der Waals surface area contributed by atoms with Crippen LogP contribution in [0.25, 0.3) is 0 Å². The molecule has 1 unspecified atom stereocenters.